The van der Waals surface area contributed by atoms with Gasteiger partial charge in [-0.2, -0.15) is 0 Å². The van der Waals surface area contributed by atoms with Crippen LogP contribution in [0.5, 0.6) is 0 Å². The van der Waals surface area contributed by atoms with Crippen molar-refractivity contribution in [2.45, 2.75) is 33.1 Å². The number of benzene rings is 2. The molecule has 4 nitrogen and oxygen atoms in total. The topological polar surface area (TPSA) is 49.4 Å². The highest BCUT2D eigenvalue weighted by molar-refractivity contribution is 8.00. The van der Waals surface area contributed by atoms with Gasteiger partial charge in [-0.3, -0.25) is 14.5 Å². The van der Waals surface area contributed by atoms with E-state index in [1.165, 1.54) is 5.56 Å². The lowest BCUT2D eigenvalue weighted by Gasteiger charge is -2.27. The molecule has 0 radical (unpaired) electrons. The van der Waals surface area contributed by atoms with E-state index in [4.69, 9.17) is 11.6 Å². The molecule has 0 aromatic heterocycles. The van der Waals surface area contributed by atoms with Crippen molar-refractivity contribution < 1.29 is 9.59 Å². The van der Waals surface area contributed by atoms with Crippen molar-refractivity contribution in [3.05, 3.63) is 59.2 Å². The quantitative estimate of drug-likeness (QED) is 0.674. The summed E-state index contributed by atoms with van der Waals surface area (Å²) in [6.45, 7) is 7.73. The summed E-state index contributed by atoms with van der Waals surface area (Å²) in [5.74, 6) is 0.714. The molecule has 2 aromatic carbocycles. The third-order valence-corrected chi connectivity index (χ3v) is 6.99. The molecule has 1 aliphatic rings. The zero-order chi connectivity index (χ0) is 20.5. The molecule has 0 spiro atoms. The van der Waals surface area contributed by atoms with Gasteiger partial charge in [0.05, 0.1) is 11.2 Å². The van der Waals surface area contributed by atoms with Crippen molar-refractivity contribution in [2.75, 3.05) is 21.8 Å². The maximum absolute atomic E-state index is 12.6. The number of alkyl halides is 1. The Bertz CT molecular complexity index is 896. The number of carbonyl (C=O) groups is 2. The molecule has 1 heterocycles. The molecule has 2 aromatic rings. The number of halogens is 1. The van der Waals surface area contributed by atoms with Gasteiger partial charge in [0, 0.05) is 17.3 Å². The fourth-order valence-corrected chi connectivity index (χ4v) is 4.31. The van der Waals surface area contributed by atoms with Gasteiger partial charge >= 0.3 is 0 Å². The highest BCUT2D eigenvalue weighted by Crippen LogP contribution is 2.43. The molecule has 28 heavy (non-hydrogen) atoms. The minimum absolute atomic E-state index is 0.0722. The van der Waals surface area contributed by atoms with Gasteiger partial charge in [-0.05, 0) is 62.6 Å². The Kier molecular flexibility index (Phi) is 6.06. The van der Waals surface area contributed by atoms with Gasteiger partial charge in [0.2, 0.25) is 11.8 Å². The number of aryl methyl sites for hydroxylation is 1. The molecule has 1 fully saturated rings. The van der Waals surface area contributed by atoms with Crippen molar-refractivity contribution in [1.29, 1.82) is 0 Å². The lowest BCUT2D eigenvalue weighted by Crippen LogP contribution is -2.32. The van der Waals surface area contributed by atoms with Crippen molar-refractivity contribution in [3.8, 4) is 0 Å². The first-order valence-corrected chi connectivity index (χ1v) is 10.8. The van der Waals surface area contributed by atoms with Crippen LogP contribution in [0.3, 0.4) is 0 Å². The Morgan fingerprint density at radius 3 is 2.54 bits per heavy atom. The largest absolute Gasteiger partial charge is 0.326 e. The number of anilines is 2. The van der Waals surface area contributed by atoms with Gasteiger partial charge in [0.1, 0.15) is 5.37 Å². The van der Waals surface area contributed by atoms with Gasteiger partial charge in [-0.25, -0.2) is 0 Å². The average Bonchev–Trinajstić information content (AvgIpc) is 3.06. The van der Waals surface area contributed by atoms with Gasteiger partial charge in [0.15, 0.2) is 0 Å². The predicted molar refractivity (Wildman–Crippen MR) is 118 cm³/mol. The van der Waals surface area contributed by atoms with Gasteiger partial charge in [-0.1, -0.05) is 24.3 Å². The first-order chi connectivity index (χ1) is 13.2. The number of amides is 2. The summed E-state index contributed by atoms with van der Waals surface area (Å²) in [6, 6.07) is 13.7. The molecule has 0 unspecified atom stereocenters. The van der Waals surface area contributed by atoms with Crippen molar-refractivity contribution in [3.63, 3.8) is 0 Å². The van der Waals surface area contributed by atoms with Crippen molar-refractivity contribution in [2.24, 2.45) is 5.41 Å². The zero-order valence-corrected chi connectivity index (χ0v) is 18.2. The fraction of sp³-hybridized carbons (Fsp3) is 0.364. The van der Waals surface area contributed by atoms with Gasteiger partial charge in [-0.15, -0.1) is 23.4 Å². The fourth-order valence-electron chi connectivity index (χ4n) is 3.02. The summed E-state index contributed by atoms with van der Waals surface area (Å²) >= 11 is 7.50. The molecule has 0 aliphatic carbocycles. The van der Waals surface area contributed by atoms with Crippen LogP contribution < -0.4 is 10.2 Å². The van der Waals surface area contributed by atoms with Crippen LogP contribution in [0.25, 0.3) is 0 Å². The third-order valence-electron chi connectivity index (χ3n) is 5.11. The number of hydrogen-bond donors (Lipinski definition) is 1. The van der Waals surface area contributed by atoms with Crippen molar-refractivity contribution in [1.82, 2.24) is 0 Å². The molecule has 148 valence electrons. The Balaban J connectivity index is 1.84. The maximum atomic E-state index is 12.6. The minimum Gasteiger partial charge on any atom is -0.326 e. The second-order valence-corrected chi connectivity index (χ2v) is 9.08. The van der Waals surface area contributed by atoms with Crippen LogP contribution in [-0.2, 0) is 9.59 Å². The van der Waals surface area contributed by atoms with E-state index in [2.05, 4.69) is 25.2 Å². The molecule has 0 saturated carbocycles. The number of carbonyl (C=O) groups excluding carboxylic acids is 2. The molecule has 2 amide bonds. The first kappa shape index (κ1) is 20.7. The zero-order valence-electron chi connectivity index (χ0n) is 16.6. The summed E-state index contributed by atoms with van der Waals surface area (Å²) in [7, 11) is 0. The van der Waals surface area contributed by atoms with Crippen molar-refractivity contribution >= 4 is 46.6 Å². The van der Waals surface area contributed by atoms with Crippen LogP contribution in [0.15, 0.2) is 42.5 Å². The summed E-state index contributed by atoms with van der Waals surface area (Å²) in [5, 5.41) is 2.84. The smallest absolute Gasteiger partial charge is 0.238 e. The summed E-state index contributed by atoms with van der Waals surface area (Å²) in [5.41, 5.74) is 4.37. The number of nitrogens with one attached hydrogen (secondary N) is 1. The van der Waals surface area contributed by atoms with E-state index >= 15 is 0 Å². The summed E-state index contributed by atoms with van der Waals surface area (Å²) in [4.78, 5) is 26.8. The Hall–Kier alpha value is -1.98. The molecule has 1 atom stereocenters. The minimum atomic E-state index is -0.632. The van der Waals surface area contributed by atoms with E-state index in [0.29, 0.717) is 5.75 Å². The number of rotatable bonds is 5. The molecule has 3 rings (SSSR count). The molecular formula is C22H25ClN2O2S. The third kappa shape index (κ3) is 4.06. The van der Waals surface area contributed by atoms with Gasteiger partial charge < -0.3 is 5.32 Å². The molecular weight excluding hydrogens is 392 g/mol. The Morgan fingerprint density at radius 1 is 1.21 bits per heavy atom. The van der Waals surface area contributed by atoms with Crippen LogP contribution >= 0.6 is 23.4 Å². The SMILES string of the molecule is Cc1cccc(N2C(=O)CS[C@H]2c2ccc(NC(=O)C(C)(C)CCl)cc2)c1C. The Morgan fingerprint density at radius 2 is 1.89 bits per heavy atom. The van der Waals surface area contributed by atoms with E-state index in [9.17, 15) is 9.59 Å². The maximum Gasteiger partial charge on any atom is 0.238 e. The normalized spacial score (nSPS) is 17.1. The van der Waals surface area contributed by atoms with E-state index in [1.807, 2.05) is 55.1 Å². The van der Waals surface area contributed by atoms with Crippen LogP contribution in [0.4, 0.5) is 11.4 Å². The average molecular weight is 417 g/mol. The predicted octanol–water partition coefficient (Wildman–Crippen LogP) is 5.29. The standard InChI is InChI=1S/C22H25ClN2O2S/c1-14-6-5-7-18(15(14)2)25-19(26)12-28-20(25)16-8-10-17(11-9-16)24-21(27)22(3,4)13-23/h5-11,20H,12-13H2,1-4H3,(H,24,27)/t20-/m0/s1. The van der Waals surface area contributed by atoms with E-state index in [-0.39, 0.29) is 23.1 Å². The second-order valence-electron chi connectivity index (χ2n) is 7.74. The van der Waals surface area contributed by atoms with E-state index < -0.39 is 5.41 Å². The Labute approximate surface area is 175 Å². The summed E-state index contributed by atoms with van der Waals surface area (Å²) < 4.78 is 0. The second kappa shape index (κ2) is 8.18. The number of thioether (sulfide) groups is 1. The van der Waals surface area contributed by atoms with Crippen LogP contribution in [0.2, 0.25) is 0 Å². The van der Waals surface area contributed by atoms with Crippen LogP contribution in [0, 0.1) is 19.3 Å². The molecule has 1 saturated heterocycles. The van der Waals surface area contributed by atoms with Crippen LogP contribution in [-0.4, -0.2) is 23.4 Å². The highest BCUT2D eigenvalue weighted by atomic mass is 35.5. The first-order valence-electron chi connectivity index (χ1n) is 9.22. The molecule has 6 heteroatoms. The lowest BCUT2D eigenvalue weighted by atomic mass is 9.95. The summed E-state index contributed by atoms with van der Waals surface area (Å²) in [6.07, 6.45) is 0. The van der Waals surface area contributed by atoms with Crippen LogP contribution in [0.1, 0.15) is 35.9 Å². The number of nitrogens with zero attached hydrogens (tertiary/aromatic N) is 1. The highest BCUT2D eigenvalue weighted by Gasteiger charge is 2.35. The lowest BCUT2D eigenvalue weighted by molar-refractivity contribution is -0.123. The van der Waals surface area contributed by atoms with Gasteiger partial charge in [0.25, 0.3) is 0 Å². The monoisotopic (exact) mass is 416 g/mol. The van der Waals surface area contributed by atoms with E-state index in [0.717, 1.165) is 22.5 Å². The molecule has 0 bridgehead atoms. The molecule has 1 aliphatic heterocycles. The molecule has 1 N–H and O–H groups in total. The number of hydrogen-bond acceptors (Lipinski definition) is 3. The van der Waals surface area contributed by atoms with E-state index in [1.54, 1.807) is 11.8 Å².